The Morgan fingerprint density at radius 2 is 1.95 bits per heavy atom. The van der Waals surface area contributed by atoms with Gasteiger partial charge in [-0.3, -0.25) is 4.79 Å². The Labute approximate surface area is 115 Å². The van der Waals surface area contributed by atoms with Crippen LogP contribution >= 0.6 is 11.6 Å². The number of carboxylic acid groups (broad SMARTS) is 1. The molecule has 0 bridgehead atoms. The summed E-state index contributed by atoms with van der Waals surface area (Å²) in [5.74, 6) is -1.71. The summed E-state index contributed by atoms with van der Waals surface area (Å²) in [5.41, 5.74) is 0.772. The van der Waals surface area contributed by atoms with Gasteiger partial charge < -0.3 is 15.5 Å². The second-order valence-electron chi connectivity index (χ2n) is 3.80. The highest BCUT2D eigenvalue weighted by Gasteiger charge is 2.17. The van der Waals surface area contributed by atoms with E-state index in [9.17, 15) is 9.59 Å². The van der Waals surface area contributed by atoms with E-state index in [4.69, 9.17) is 21.8 Å². The summed E-state index contributed by atoms with van der Waals surface area (Å²) in [6, 6.07) is 5.74. The number of benzene rings is 1. The summed E-state index contributed by atoms with van der Waals surface area (Å²) in [6.45, 7) is -0.307. The molecule has 102 valence electrons. The molecule has 0 fully saturated rings. The number of halogens is 1. The van der Waals surface area contributed by atoms with E-state index < -0.39 is 17.9 Å². The molecule has 1 aromatic carbocycles. The number of aliphatic hydroxyl groups is 1. The Kier molecular flexibility index (Phi) is 6.05. The summed E-state index contributed by atoms with van der Waals surface area (Å²) in [6.07, 6.45) is 2.75. The van der Waals surface area contributed by atoms with Crippen LogP contribution < -0.4 is 5.32 Å². The minimum absolute atomic E-state index is 0.0319. The molecule has 5 nitrogen and oxygen atoms in total. The molecule has 0 aliphatic carbocycles. The van der Waals surface area contributed by atoms with E-state index in [0.717, 1.165) is 5.56 Å². The second-order valence-corrected chi connectivity index (χ2v) is 4.23. The van der Waals surface area contributed by atoms with Gasteiger partial charge in [-0.25, -0.2) is 4.79 Å². The monoisotopic (exact) mass is 283 g/mol. The molecular weight excluding hydrogens is 270 g/mol. The van der Waals surface area contributed by atoms with Gasteiger partial charge >= 0.3 is 5.97 Å². The lowest BCUT2D eigenvalue weighted by atomic mass is 10.2. The summed E-state index contributed by atoms with van der Waals surface area (Å²) < 4.78 is 0. The van der Waals surface area contributed by atoms with Crippen LogP contribution in [0.5, 0.6) is 0 Å². The predicted molar refractivity (Wildman–Crippen MR) is 71.8 cm³/mol. The van der Waals surface area contributed by atoms with Gasteiger partial charge in [0, 0.05) is 24.1 Å². The predicted octanol–water partition coefficient (Wildman–Crippen LogP) is 1.30. The first-order valence-corrected chi connectivity index (χ1v) is 5.98. The fourth-order valence-corrected chi connectivity index (χ4v) is 1.48. The van der Waals surface area contributed by atoms with Gasteiger partial charge in [-0.1, -0.05) is 23.7 Å². The SMILES string of the molecule is O=C(C=Cc1ccc(Cl)cc1)NC(CCO)C(=O)O. The van der Waals surface area contributed by atoms with E-state index in [1.165, 1.54) is 6.08 Å². The zero-order chi connectivity index (χ0) is 14.3. The first-order chi connectivity index (χ1) is 9.02. The second kappa shape index (κ2) is 7.56. The lowest BCUT2D eigenvalue weighted by Crippen LogP contribution is -2.40. The van der Waals surface area contributed by atoms with Gasteiger partial charge in [-0.2, -0.15) is 0 Å². The molecule has 19 heavy (non-hydrogen) atoms. The summed E-state index contributed by atoms with van der Waals surface area (Å²) in [7, 11) is 0. The van der Waals surface area contributed by atoms with E-state index in [1.54, 1.807) is 30.3 Å². The number of nitrogens with one attached hydrogen (secondary N) is 1. The first-order valence-electron chi connectivity index (χ1n) is 5.60. The Bertz CT molecular complexity index is 470. The number of amides is 1. The number of aliphatic hydroxyl groups excluding tert-OH is 1. The lowest BCUT2D eigenvalue weighted by Gasteiger charge is -2.11. The molecule has 3 N–H and O–H groups in total. The van der Waals surface area contributed by atoms with Crippen molar-refractivity contribution in [2.75, 3.05) is 6.61 Å². The summed E-state index contributed by atoms with van der Waals surface area (Å²) in [4.78, 5) is 22.3. The molecule has 0 saturated heterocycles. The van der Waals surface area contributed by atoms with E-state index in [2.05, 4.69) is 5.32 Å². The third-order valence-corrected chi connectivity index (χ3v) is 2.58. The highest BCUT2D eigenvalue weighted by atomic mass is 35.5. The molecule has 0 radical (unpaired) electrons. The van der Waals surface area contributed by atoms with Gasteiger partial charge in [0.25, 0.3) is 0 Å². The molecule has 0 aliphatic heterocycles. The highest BCUT2D eigenvalue weighted by Crippen LogP contribution is 2.10. The van der Waals surface area contributed by atoms with Crippen LogP contribution in [-0.2, 0) is 9.59 Å². The first kappa shape index (κ1) is 15.2. The highest BCUT2D eigenvalue weighted by molar-refractivity contribution is 6.30. The van der Waals surface area contributed by atoms with Gasteiger partial charge in [-0.05, 0) is 23.8 Å². The normalized spacial score (nSPS) is 12.3. The van der Waals surface area contributed by atoms with Crippen molar-refractivity contribution >= 4 is 29.6 Å². The molecule has 1 unspecified atom stereocenters. The van der Waals surface area contributed by atoms with E-state index in [0.29, 0.717) is 5.02 Å². The molecule has 1 atom stereocenters. The number of carboxylic acids is 1. The van der Waals surface area contributed by atoms with Crippen LogP contribution in [0.2, 0.25) is 5.02 Å². The maximum atomic E-state index is 11.5. The van der Waals surface area contributed by atoms with Crippen LogP contribution in [0.1, 0.15) is 12.0 Å². The molecule has 0 saturated carbocycles. The van der Waals surface area contributed by atoms with Crippen molar-refractivity contribution in [1.82, 2.24) is 5.32 Å². The van der Waals surface area contributed by atoms with Gasteiger partial charge in [0.05, 0.1) is 0 Å². The molecule has 0 spiro atoms. The number of rotatable bonds is 6. The lowest BCUT2D eigenvalue weighted by molar-refractivity contribution is -0.141. The minimum Gasteiger partial charge on any atom is -0.480 e. The van der Waals surface area contributed by atoms with E-state index in [-0.39, 0.29) is 13.0 Å². The van der Waals surface area contributed by atoms with Gasteiger partial charge in [-0.15, -0.1) is 0 Å². The zero-order valence-corrected chi connectivity index (χ0v) is 10.8. The molecule has 0 heterocycles. The smallest absolute Gasteiger partial charge is 0.326 e. The van der Waals surface area contributed by atoms with Crippen LogP contribution in [0.15, 0.2) is 30.3 Å². The van der Waals surface area contributed by atoms with Crippen molar-refractivity contribution in [2.45, 2.75) is 12.5 Å². The molecule has 0 aromatic heterocycles. The molecule has 0 aliphatic rings. The van der Waals surface area contributed by atoms with Crippen molar-refractivity contribution in [2.24, 2.45) is 0 Å². The molecule has 1 rings (SSSR count). The third kappa shape index (κ3) is 5.54. The fourth-order valence-electron chi connectivity index (χ4n) is 1.35. The van der Waals surface area contributed by atoms with Gasteiger partial charge in [0.15, 0.2) is 0 Å². The maximum Gasteiger partial charge on any atom is 0.326 e. The summed E-state index contributed by atoms with van der Waals surface area (Å²) >= 11 is 5.72. The Morgan fingerprint density at radius 1 is 1.32 bits per heavy atom. The van der Waals surface area contributed by atoms with Crippen LogP contribution in [0.25, 0.3) is 6.08 Å². The van der Waals surface area contributed by atoms with Crippen molar-refractivity contribution < 1.29 is 19.8 Å². The molecule has 6 heteroatoms. The van der Waals surface area contributed by atoms with Crippen LogP contribution in [0.3, 0.4) is 0 Å². The maximum absolute atomic E-state index is 11.5. The van der Waals surface area contributed by atoms with Crippen LogP contribution in [-0.4, -0.2) is 34.7 Å². The number of carbonyl (C=O) groups excluding carboxylic acids is 1. The summed E-state index contributed by atoms with van der Waals surface area (Å²) in [5, 5.41) is 20.4. The average molecular weight is 284 g/mol. The quantitative estimate of drug-likeness (QED) is 0.687. The topological polar surface area (TPSA) is 86.6 Å². The third-order valence-electron chi connectivity index (χ3n) is 2.33. The van der Waals surface area contributed by atoms with Gasteiger partial charge in [0.2, 0.25) is 5.91 Å². The zero-order valence-electron chi connectivity index (χ0n) is 10.0. The number of hydrogen-bond donors (Lipinski definition) is 3. The fraction of sp³-hybridized carbons (Fsp3) is 0.231. The van der Waals surface area contributed by atoms with Crippen LogP contribution in [0, 0.1) is 0 Å². The Morgan fingerprint density at radius 3 is 2.47 bits per heavy atom. The molecular formula is C13H14ClNO4. The van der Waals surface area contributed by atoms with Crippen LogP contribution in [0.4, 0.5) is 0 Å². The van der Waals surface area contributed by atoms with Crippen molar-refractivity contribution in [3.05, 3.63) is 40.9 Å². The number of carbonyl (C=O) groups is 2. The average Bonchev–Trinajstić information content (AvgIpc) is 2.37. The number of hydrogen-bond acceptors (Lipinski definition) is 3. The van der Waals surface area contributed by atoms with Crippen molar-refractivity contribution in [3.63, 3.8) is 0 Å². The number of aliphatic carboxylic acids is 1. The van der Waals surface area contributed by atoms with Gasteiger partial charge in [0.1, 0.15) is 6.04 Å². The minimum atomic E-state index is -1.18. The standard InChI is InChI=1S/C13H14ClNO4/c14-10-4-1-9(2-5-10)3-6-12(17)15-11(7-8-16)13(18)19/h1-6,11,16H,7-8H2,(H,15,17)(H,18,19). The Hall–Kier alpha value is -1.85. The largest absolute Gasteiger partial charge is 0.480 e. The van der Waals surface area contributed by atoms with Crippen molar-refractivity contribution in [3.8, 4) is 0 Å². The van der Waals surface area contributed by atoms with E-state index in [1.807, 2.05) is 0 Å². The van der Waals surface area contributed by atoms with Crippen molar-refractivity contribution in [1.29, 1.82) is 0 Å². The molecule has 1 amide bonds. The Balaban J connectivity index is 2.58. The van der Waals surface area contributed by atoms with E-state index >= 15 is 0 Å². The molecule has 1 aromatic rings.